The number of nitrogens with one attached hydrogen (secondary N) is 2. The van der Waals surface area contributed by atoms with Gasteiger partial charge in [0.1, 0.15) is 5.75 Å². The van der Waals surface area contributed by atoms with Crippen LogP contribution in [0.3, 0.4) is 0 Å². The molecule has 6 nitrogen and oxygen atoms in total. The molecule has 1 aromatic heterocycles. The molecule has 136 valence electrons. The molecule has 0 unspecified atom stereocenters. The molecule has 0 saturated heterocycles. The molecule has 0 aliphatic carbocycles. The second-order valence-corrected chi connectivity index (χ2v) is 8.17. The van der Waals surface area contributed by atoms with Gasteiger partial charge in [0, 0.05) is 6.54 Å². The fraction of sp³-hybridized carbons (Fsp3) is 0.471. The Kier molecular flexibility index (Phi) is 7.52. The van der Waals surface area contributed by atoms with Gasteiger partial charge in [-0.3, -0.25) is 4.79 Å². The maximum Gasteiger partial charge on any atom is 0.237 e. The van der Waals surface area contributed by atoms with Gasteiger partial charge in [-0.25, -0.2) is 0 Å². The summed E-state index contributed by atoms with van der Waals surface area (Å²) in [4.78, 5) is 12.5. The molecule has 25 heavy (non-hydrogen) atoms. The smallest absolute Gasteiger partial charge is 0.237 e. The minimum atomic E-state index is -0.290. The predicted octanol–water partition coefficient (Wildman–Crippen LogP) is 4.19. The third-order valence-corrected chi connectivity index (χ3v) is 5.54. The number of rotatable bonds is 9. The van der Waals surface area contributed by atoms with E-state index >= 15 is 0 Å². The van der Waals surface area contributed by atoms with Crippen molar-refractivity contribution in [3.63, 3.8) is 0 Å². The zero-order valence-electron chi connectivity index (χ0n) is 15.0. The third-order valence-electron chi connectivity index (χ3n) is 3.47. The highest BCUT2D eigenvalue weighted by Gasteiger charge is 2.18. The summed E-state index contributed by atoms with van der Waals surface area (Å²) >= 11 is 2.87. The number of carbonyl (C=O) groups is 1. The van der Waals surface area contributed by atoms with Crippen molar-refractivity contribution in [2.45, 2.75) is 43.2 Å². The summed E-state index contributed by atoms with van der Waals surface area (Å²) in [6.45, 7) is 6.86. The van der Waals surface area contributed by atoms with E-state index in [4.69, 9.17) is 4.74 Å². The summed E-state index contributed by atoms with van der Waals surface area (Å²) in [6, 6.07) is 5.69. The van der Waals surface area contributed by atoms with Crippen LogP contribution >= 0.6 is 23.1 Å². The van der Waals surface area contributed by atoms with Crippen LogP contribution in [0, 0.1) is 6.92 Å². The number of aryl methyl sites for hydroxylation is 1. The van der Waals surface area contributed by atoms with Crippen LogP contribution in [0.15, 0.2) is 22.5 Å². The van der Waals surface area contributed by atoms with E-state index in [1.807, 2.05) is 32.0 Å². The molecular weight excluding hydrogens is 356 g/mol. The molecule has 0 bridgehead atoms. The minimum Gasteiger partial charge on any atom is -0.495 e. The number of carbonyl (C=O) groups excluding carboxylic acids is 1. The van der Waals surface area contributed by atoms with Crippen LogP contribution in [0.5, 0.6) is 5.75 Å². The van der Waals surface area contributed by atoms with Gasteiger partial charge in [0.2, 0.25) is 11.0 Å². The summed E-state index contributed by atoms with van der Waals surface area (Å²) in [7, 11) is 1.59. The van der Waals surface area contributed by atoms with Gasteiger partial charge in [0.25, 0.3) is 0 Å². The lowest BCUT2D eigenvalue weighted by molar-refractivity contribution is -0.115. The number of nitrogens with zero attached hydrogens (tertiary/aromatic N) is 2. The topological polar surface area (TPSA) is 76.1 Å². The van der Waals surface area contributed by atoms with E-state index in [-0.39, 0.29) is 11.2 Å². The number of hydrogen-bond acceptors (Lipinski definition) is 7. The molecule has 2 aromatic rings. The van der Waals surface area contributed by atoms with Crippen molar-refractivity contribution in [2.24, 2.45) is 0 Å². The number of benzene rings is 1. The molecular formula is C17H24N4O2S2. The fourth-order valence-electron chi connectivity index (χ4n) is 2.06. The zero-order valence-corrected chi connectivity index (χ0v) is 16.6. The summed E-state index contributed by atoms with van der Waals surface area (Å²) in [5.41, 5.74) is 1.74. The fourth-order valence-corrected chi connectivity index (χ4v) is 3.98. The molecule has 2 rings (SSSR count). The van der Waals surface area contributed by atoms with E-state index in [0.717, 1.165) is 34.4 Å². The number of hydrogen-bond donors (Lipinski definition) is 2. The summed E-state index contributed by atoms with van der Waals surface area (Å²) in [5.74, 6) is 0.555. The Morgan fingerprint density at radius 3 is 2.92 bits per heavy atom. The van der Waals surface area contributed by atoms with Crippen LogP contribution in [-0.4, -0.2) is 35.0 Å². The SMILES string of the molecule is CCCCNc1nnc(S[C@@H](C)C(=O)Nc2cc(C)ccc2OC)s1. The Hall–Kier alpha value is -1.80. The van der Waals surface area contributed by atoms with Gasteiger partial charge >= 0.3 is 0 Å². The van der Waals surface area contributed by atoms with Gasteiger partial charge in [-0.15, -0.1) is 10.2 Å². The van der Waals surface area contributed by atoms with E-state index in [9.17, 15) is 4.79 Å². The molecule has 8 heteroatoms. The standard InChI is InChI=1S/C17H24N4O2S2/c1-5-6-9-18-16-20-21-17(25-16)24-12(3)15(22)19-13-10-11(2)7-8-14(13)23-4/h7-8,10,12H,5-6,9H2,1-4H3,(H,18,20)(H,19,22)/t12-/m0/s1. The zero-order chi connectivity index (χ0) is 18.2. The van der Waals surface area contributed by atoms with Gasteiger partial charge < -0.3 is 15.4 Å². The molecule has 1 heterocycles. The Morgan fingerprint density at radius 2 is 2.20 bits per heavy atom. The molecule has 0 aliphatic heterocycles. The van der Waals surface area contributed by atoms with E-state index in [1.165, 1.54) is 23.1 Å². The largest absolute Gasteiger partial charge is 0.495 e. The Labute approximate surface area is 156 Å². The molecule has 0 radical (unpaired) electrons. The summed E-state index contributed by atoms with van der Waals surface area (Å²) in [5, 5.41) is 14.9. The first-order valence-corrected chi connectivity index (χ1v) is 9.92. The maximum absolute atomic E-state index is 12.5. The molecule has 2 N–H and O–H groups in total. The van der Waals surface area contributed by atoms with Gasteiger partial charge in [-0.2, -0.15) is 0 Å². The second-order valence-electron chi connectivity index (χ2n) is 5.61. The molecule has 0 saturated carbocycles. The van der Waals surface area contributed by atoms with Crippen molar-refractivity contribution >= 4 is 39.8 Å². The first kappa shape index (κ1) is 19.5. The van der Waals surface area contributed by atoms with Crippen molar-refractivity contribution in [1.82, 2.24) is 10.2 Å². The Balaban J connectivity index is 1.93. The number of amides is 1. The number of unbranched alkanes of at least 4 members (excludes halogenated alkanes) is 1. The van der Waals surface area contributed by atoms with Gasteiger partial charge in [0.05, 0.1) is 18.0 Å². The van der Waals surface area contributed by atoms with Crippen molar-refractivity contribution < 1.29 is 9.53 Å². The monoisotopic (exact) mass is 380 g/mol. The van der Waals surface area contributed by atoms with Crippen molar-refractivity contribution in [2.75, 3.05) is 24.3 Å². The van der Waals surface area contributed by atoms with Crippen LogP contribution in [-0.2, 0) is 4.79 Å². The lowest BCUT2D eigenvalue weighted by Gasteiger charge is -2.13. The highest BCUT2D eigenvalue weighted by Crippen LogP contribution is 2.31. The van der Waals surface area contributed by atoms with E-state index in [0.29, 0.717) is 11.4 Å². The summed E-state index contributed by atoms with van der Waals surface area (Å²) < 4.78 is 6.08. The maximum atomic E-state index is 12.5. The Morgan fingerprint density at radius 1 is 1.40 bits per heavy atom. The number of anilines is 2. The molecule has 1 atom stereocenters. The number of aromatic nitrogens is 2. The van der Waals surface area contributed by atoms with E-state index < -0.39 is 0 Å². The molecule has 0 fully saturated rings. The molecule has 0 aliphatic rings. The first-order chi connectivity index (χ1) is 12.0. The summed E-state index contributed by atoms with van der Waals surface area (Å²) in [6.07, 6.45) is 2.23. The highest BCUT2D eigenvalue weighted by atomic mass is 32.2. The number of thioether (sulfide) groups is 1. The lowest BCUT2D eigenvalue weighted by atomic mass is 10.2. The quantitative estimate of drug-likeness (QED) is 0.502. The highest BCUT2D eigenvalue weighted by molar-refractivity contribution is 8.02. The Bertz CT molecular complexity index is 706. The van der Waals surface area contributed by atoms with Gasteiger partial charge in [0.15, 0.2) is 4.34 Å². The van der Waals surface area contributed by atoms with Crippen LogP contribution in [0.2, 0.25) is 0 Å². The number of ether oxygens (including phenoxy) is 1. The lowest BCUT2D eigenvalue weighted by Crippen LogP contribution is -2.22. The van der Waals surface area contributed by atoms with Gasteiger partial charge in [-0.1, -0.05) is 42.5 Å². The third kappa shape index (κ3) is 5.89. The second kappa shape index (κ2) is 9.62. The normalized spacial score (nSPS) is 11.8. The van der Waals surface area contributed by atoms with Gasteiger partial charge in [-0.05, 0) is 38.0 Å². The van der Waals surface area contributed by atoms with Crippen molar-refractivity contribution in [3.8, 4) is 5.75 Å². The van der Waals surface area contributed by atoms with Crippen LogP contribution in [0.1, 0.15) is 32.3 Å². The van der Waals surface area contributed by atoms with Crippen molar-refractivity contribution in [3.05, 3.63) is 23.8 Å². The average molecular weight is 381 g/mol. The van der Waals surface area contributed by atoms with E-state index in [2.05, 4.69) is 27.8 Å². The molecule has 0 spiro atoms. The van der Waals surface area contributed by atoms with Crippen LogP contribution < -0.4 is 15.4 Å². The van der Waals surface area contributed by atoms with E-state index in [1.54, 1.807) is 7.11 Å². The first-order valence-electron chi connectivity index (χ1n) is 8.23. The predicted molar refractivity (Wildman–Crippen MR) is 105 cm³/mol. The van der Waals surface area contributed by atoms with Crippen LogP contribution in [0.4, 0.5) is 10.8 Å². The minimum absolute atomic E-state index is 0.0930. The van der Waals surface area contributed by atoms with Crippen LogP contribution in [0.25, 0.3) is 0 Å². The molecule has 1 aromatic carbocycles. The van der Waals surface area contributed by atoms with Crippen molar-refractivity contribution in [1.29, 1.82) is 0 Å². The molecule has 1 amide bonds. The number of methoxy groups -OCH3 is 1. The average Bonchev–Trinajstić information content (AvgIpc) is 3.02.